The van der Waals surface area contributed by atoms with E-state index in [-0.39, 0.29) is 0 Å². The Labute approximate surface area is 177 Å². The highest BCUT2D eigenvalue weighted by Gasteiger charge is 2.51. The lowest BCUT2D eigenvalue weighted by Gasteiger charge is -2.57. The molecule has 2 aliphatic heterocycles. The summed E-state index contributed by atoms with van der Waals surface area (Å²) in [6.07, 6.45) is 10.2. The lowest BCUT2D eigenvalue weighted by atomic mass is 9.49. The molecule has 4 aliphatic carbocycles. The Balaban J connectivity index is 1.11. The van der Waals surface area contributed by atoms with Crippen molar-refractivity contribution in [2.45, 2.75) is 56.6 Å². The molecule has 1 amide bonds. The molecule has 4 nitrogen and oxygen atoms in total. The van der Waals surface area contributed by atoms with Crippen LogP contribution in [0.15, 0.2) is 18.2 Å². The molecule has 0 N–H and O–H groups in total. The number of carbonyl (C=O) groups is 1. The molecule has 6 aliphatic rings. The minimum Gasteiger partial charge on any atom is -0.454 e. The van der Waals surface area contributed by atoms with Gasteiger partial charge < -0.3 is 14.4 Å². The number of fused-ring (bicyclic) bond motifs is 1. The van der Waals surface area contributed by atoms with E-state index >= 15 is 0 Å². The van der Waals surface area contributed by atoms with Gasteiger partial charge in [-0.25, -0.2) is 0 Å². The highest BCUT2D eigenvalue weighted by molar-refractivity contribution is 7.99. The van der Waals surface area contributed by atoms with Crippen molar-refractivity contribution in [1.29, 1.82) is 0 Å². The summed E-state index contributed by atoms with van der Waals surface area (Å²) in [4.78, 5) is 15.5. The minimum atomic E-state index is 0.323. The minimum absolute atomic E-state index is 0.323. The molecule has 1 atom stereocenters. The molecule has 1 saturated heterocycles. The Kier molecular flexibility index (Phi) is 4.51. The van der Waals surface area contributed by atoms with E-state index in [2.05, 4.69) is 17.0 Å². The molecule has 4 saturated carbocycles. The predicted octanol–water partition coefficient (Wildman–Crippen LogP) is 5.03. The Bertz CT molecular complexity index is 774. The maximum absolute atomic E-state index is 13.3. The molecule has 156 valence electrons. The first-order valence-corrected chi connectivity index (χ1v) is 12.5. The number of amides is 1. The van der Waals surface area contributed by atoms with Gasteiger partial charge in [-0.2, -0.15) is 11.8 Å². The molecule has 0 spiro atoms. The van der Waals surface area contributed by atoms with Gasteiger partial charge in [-0.15, -0.1) is 0 Å². The zero-order valence-corrected chi connectivity index (χ0v) is 17.9. The molecule has 0 aromatic heterocycles. The van der Waals surface area contributed by atoms with Crippen molar-refractivity contribution in [3.63, 3.8) is 0 Å². The van der Waals surface area contributed by atoms with Crippen LogP contribution in [-0.4, -0.2) is 36.4 Å². The summed E-state index contributed by atoms with van der Waals surface area (Å²) in [5.41, 5.74) is 1.65. The number of hydrogen-bond acceptors (Lipinski definition) is 4. The van der Waals surface area contributed by atoms with E-state index in [4.69, 9.17) is 9.47 Å². The molecular formula is C24H31NO3S. The highest BCUT2D eigenvalue weighted by atomic mass is 32.2. The highest BCUT2D eigenvalue weighted by Crippen LogP contribution is 2.61. The third kappa shape index (κ3) is 3.43. The van der Waals surface area contributed by atoms with Crippen LogP contribution in [0.25, 0.3) is 0 Å². The summed E-state index contributed by atoms with van der Waals surface area (Å²) in [7, 11) is 0. The van der Waals surface area contributed by atoms with E-state index in [1.54, 1.807) is 0 Å². The van der Waals surface area contributed by atoms with E-state index < -0.39 is 0 Å². The standard InChI is InChI=1S/C24H31NO3S/c26-23(14-24-11-16-7-17(12-24)9-18(8-16)13-24)25-4-3-22(29-6-5-25)19-1-2-20-21(10-19)28-15-27-20/h1-2,10,16-18,22H,3-9,11-15H2. The van der Waals surface area contributed by atoms with Crippen LogP contribution in [0, 0.1) is 23.2 Å². The molecule has 0 radical (unpaired) electrons. The first-order chi connectivity index (χ1) is 14.2. The van der Waals surface area contributed by atoms with Gasteiger partial charge in [-0.3, -0.25) is 4.79 Å². The van der Waals surface area contributed by atoms with Crippen molar-refractivity contribution in [3.05, 3.63) is 23.8 Å². The molecular weight excluding hydrogens is 382 g/mol. The third-order valence-corrected chi connectivity index (χ3v) is 9.48. The molecule has 1 aromatic rings. The lowest BCUT2D eigenvalue weighted by Crippen LogP contribution is -2.48. The van der Waals surface area contributed by atoms with E-state index in [1.807, 2.05) is 17.8 Å². The number of benzene rings is 1. The topological polar surface area (TPSA) is 38.8 Å². The van der Waals surface area contributed by atoms with Crippen LogP contribution >= 0.6 is 11.8 Å². The first-order valence-electron chi connectivity index (χ1n) is 11.4. The van der Waals surface area contributed by atoms with Gasteiger partial charge in [0.1, 0.15) is 0 Å². The van der Waals surface area contributed by atoms with Crippen LogP contribution in [0.1, 0.15) is 62.2 Å². The average Bonchev–Trinajstić information content (AvgIpc) is 3.01. The summed E-state index contributed by atoms with van der Waals surface area (Å²) < 4.78 is 11.0. The van der Waals surface area contributed by atoms with Gasteiger partial charge >= 0.3 is 0 Å². The SMILES string of the molecule is O=C(CC12CC3CC(CC(C3)C1)C2)N1CCSC(c2ccc3c(c2)OCO3)CC1. The van der Waals surface area contributed by atoms with Crippen molar-refractivity contribution < 1.29 is 14.3 Å². The fraction of sp³-hybridized carbons (Fsp3) is 0.708. The number of thioether (sulfide) groups is 1. The number of hydrogen-bond donors (Lipinski definition) is 0. The zero-order valence-electron chi connectivity index (χ0n) is 17.1. The zero-order chi connectivity index (χ0) is 19.4. The Morgan fingerprint density at radius 3 is 2.52 bits per heavy atom. The quantitative estimate of drug-likeness (QED) is 0.697. The van der Waals surface area contributed by atoms with Gasteiger partial charge in [-0.1, -0.05) is 6.07 Å². The molecule has 2 heterocycles. The summed E-state index contributed by atoms with van der Waals surface area (Å²) in [5, 5.41) is 0.432. The number of ether oxygens (including phenoxy) is 2. The van der Waals surface area contributed by atoms with Gasteiger partial charge in [0.25, 0.3) is 0 Å². The van der Waals surface area contributed by atoms with Crippen molar-refractivity contribution >= 4 is 17.7 Å². The smallest absolute Gasteiger partial charge is 0.231 e. The maximum Gasteiger partial charge on any atom is 0.231 e. The lowest BCUT2D eigenvalue weighted by molar-refractivity contribution is -0.139. The summed E-state index contributed by atoms with van der Waals surface area (Å²) >= 11 is 1.98. The normalized spacial score (nSPS) is 37.6. The summed E-state index contributed by atoms with van der Waals surface area (Å²) in [6.45, 7) is 2.11. The van der Waals surface area contributed by atoms with E-state index in [0.717, 1.165) is 60.9 Å². The third-order valence-electron chi connectivity index (χ3n) is 8.15. The van der Waals surface area contributed by atoms with E-state index in [9.17, 15) is 4.79 Å². The molecule has 7 rings (SSSR count). The Morgan fingerprint density at radius 2 is 1.76 bits per heavy atom. The number of nitrogens with zero attached hydrogens (tertiary/aromatic N) is 1. The maximum atomic E-state index is 13.3. The van der Waals surface area contributed by atoms with Gasteiger partial charge in [0.2, 0.25) is 12.7 Å². The molecule has 1 aromatic carbocycles. The second-order valence-corrected chi connectivity index (χ2v) is 11.5. The summed E-state index contributed by atoms with van der Waals surface area (Å²) in [5.74, 6) is 5.92. The van der Waals surface area contributed by atoms with Gasteiger partial charge in [0, 0.05) is 30.5 Å². The fourth-order valence-electron chi connectivity index (χ4n) is 7.34. The van der Waals surface area contributed by atoms with Crippen LogP contribution in [0.3, 0.4) is 0 Å². The van der Waals surface area contributed by atoms with Crippen LogP contribution < -0.4 is 9.47 Å². The van der Waals surface area contributed by atoms with Crippen molar-refractivity contribution in [2.24, 2.45) is 23.2 Å². The van der Waals surface area contributed by atoms with Crippen LogP contribution in [0.2, 0.25) is 0 Å². The summed E-state index contributed by atoms with van der Waals surface area (Å²) in [6, 6.07) is 6.32. The van der Waals surface area contributed by atoms with Gasteiger partial charge in [0.15, 0.2) is 11.5 Å². The largest absolute Gasteiger partial charge is 0.454 e. The number of rotatable bonds is 3. The van der Waals surface area contributed by atoms with Crippen LogP contribution in [0.5, 0.6) is 11.5 Å². The van der Waals surface area contributed by atoms with Crippen LogP contribution in [-0.2, 0) is 4.79 Å². The molecule has 29 heavy (non-hydrogen) atoms. The van der Waals surface area contributed by atoms with Gasteiger partial charge in [-0.05, 0) is 85.8 Å². The average molecular weight is 414 g/mol. The van der Waals surface area contributed by atoms with Crippen LogP contribution in [0.4, 0.5) is 0 Å². The van der Waals surface area contributed by atoms with Crippen molar-refractivity contribution in [2.75, 3.05) is 25.6 Å². The van der Waals surface area contributed by atoms with E-state index in [1.165, 1.54) is 44.1 Å². The number of carbonyl (C=O) groups excluding carboxylic acids is 1. The molecule has 5 fully saturated rings. The van der Waals surface area contributed by atoms with Gasteiger partial charge in [0.05, 0.1) is 0 Å². The predicted molar refractivity (Wildman–Crippen MR) is 114 cm³/mol. The first kappa shape index (κ1) is 18.4. The second kappa shape index (κ2) is 7.11. The molecule has 1 unspecified atom stereocenters. The van der Waals surface area contributed by atoms with Crippen molar-refractivity contribution in [1.82, 2.24) is 4.90 Å². The second-order valence-electron chi connectivity index (χ2n) is 10.2. The van der Waals surface area contributed by atoms with Crippen molar-refractivity contribution in [3.8, 4) is 11.5 Å². The Hall–Kier alpha value is -1.36. The molecule has 4 bridgehead atoms. The molecule has 5 heteroatoms. The van der Waals surface area contributed by atoms with E-state index in [0.29, 0.717) is 23.4 Å². The Morgan fingerprint density at radius 1 is 1.03 bits per heavy atom. The fourth-order valence-corrected chi connectivity index (χ4v) is 8.56. The monoisotopic (exact) mass is 413 g/mol.